The minimum absolute atomic E-state index is 0.0385. The van der Waals surface area contributed by atoms with Crippen molar-refractivity contribution in [1.82, 2.24) is 14.9 Å². The Labute approximate surface area is 123 Å². The van der Waals surface area contributed by atoms with E-state index in [4.69, 9.17) is 4.74 Å². The number of aromatic nitrogens is 2. The van der Waals surface area contributed by atoms with E-state index in [9.17, 15) is 13.2 Å². The maximum absolute atomic E-state index is 12.2. The highest BCUT2D eigenvalue weighted by Gasteiger charge is 2.28. The molecule has 0 unspecified atom stereocenters. The average Bonchev–Trinajstić information content (AvgIpc) is 3.06. The number of carbonyl (C=O) groups excluding carboxylic acids is 1. The topological polar surface area (TPSA) is 101 Å². The lowest BCUT2D eigenvalue weighted by Gasteiger charge is -2.12. The highest BCUT2D eigenvalue weighted by molar-refractivity contribution is 7.90. The summed E-state index contributed by atoms with van der Waals surface area (Å²) in [4.78, 5) is 12.2. The van der Waals surface area contributed by atoms with Gasteiger partial charge in [-0.2, -0.15) is 5.10 Å². The van der Waals surface area contributed by atoms with E-state index in [2.05, 4.69) is 14.9 Å². The fourth-order valence-corrected chi connectivity index (χ4v) is 4.27. The van der Waals surface area contributed by atoms with Crippen molar-refractivity contribution in [3.05, 3.63) is 17.0 Å². The molecule has 0 bridgehead atoms. The molecule has 1 saturated heterocycles. The maximum Gasteiger partial charge on any atom is 0.285 e. The number of ether oxygens (including phenoxy) is 1. The largest absolute Gasteiger partial charge is 0.381 e. The van der Waals surface area contributed by atoms with E-state index in [-0.39, 0.29) is 17.4 Å². The first-order valence-corrected chi connectivity index (χ1v) is 8.89. The van der Waals surface area contributed by atoms with Crippen LogP contribution in [0.4, 0.5) is 0 Å². The summed E-state index contributed by atoms with van der Waals surface area (Å²) in [7, 11) is -3.65. The zero-order valence-corrected chi connectivity index (χ0v) is 12.5. The van der Waals surface area contributed by atoms with E-state index in [1.807, 2.05) is 0 Å². The molecular formula is C13H19N3O4S. The number of sulfonamides is 1. The number of nitrogens with zero attached hydrogens (tertiary/aromatic N) is 1. The molecule has 2 aliphatic rings. The first-order chi connectivity index (χ1) is 10.1. The highest BCUT2D eigenvalue weighted by Crippen LogP contribution is 2.22. The fraction of sp³-hybridized carbons (Fsp3) is 0.692. The number of hydrogen-bond acceptors (Lipinski definition) is 5. The van der Waals surface area contributed by atoms with Gasteiger partial charge >= 0.3 is 0 Å². The Morgan fingerprint density at radius 2 is 2.19 bits per heavy atom. The minimum Gasteiger partial charge on any atom is -0.381 e. The van der Waals surface area contributed by atoms with Gasteiger partial charge in [0.05, 0.1) is 12.4 Å². The molecule has 2 heterocycles. The van der Waals surface area contributed by atoms with Crippen molar-refractivity contribution in [2.45, 2.75) is 32.1 Å². The van der Waals surface area contributed by atoms with Crippen LogP contribution in [0.25, 0.3) is 0 Å². The fourth-order valence-electron chi connectivity index (χ4n) is 2.93. The number of hydrogen-bond donors (Lipinski definition) is 2. The minimum atomic E-state index is -3.65. The molecule has 1 aromatic rings. The van der Waals surface area contributed by atoms with Crippen LogP contribution in [0.5, 0.6) is 0 Å². The van der Waals surface area contributed by atoms with Gasteiger partial charge in [-0.3, -0.25) is 9.89 Å². The molecule has 21 heavy (non-hydrogen) atoms. The van der Waals surface area contributed by atoms with Crippen molar-refractivity contribution < 1.29 is 17.9 Å². The smallest absolute Gasteiger partial charge is 0.285 e. The molecule has 2 N–H and O–H groups in total. The second kappa shape index (κ2) is 5.76. The van der Waals surface area contributed by atoms with Gasteiger partial charge in [0.1, 0.15) is 0 Å². The van der Waals surface area contributed by atoms with E-state index in [1.165, 1.54) is 0 Å². The Morgan fingerprint density at radius 3 is 2.95 bits per heavy atom. The number of rotatable bonds is 4. The Balaban J connectivity index is 1.69. The molecule has 1 aliphatic carbocycles. The summed E-state index contributed by atoms with van der Waals surface area (Å²) in [6.45, 7) is 1.02. The summed E-state index contributed by atoms with van der Waals surface area (Å²) in [6.07, 6.45) is 4.41. The molecule has 0 spiro atoms. The summed E-state index contributed by atoms with van der Waals surface area (Å²) in [5.41, 5.74) is 2.03. The molecule has 1 aliphatic heterocycles. The number of aromatic amines is 1. The highest BCUT2D eigenvalue weighted by atomic mass is 32.2. The molecule has 116 valence electrons. The SMILES string of the molecule is O=C(NS(=O)(=O)C[C@@H]1CCOC1)c1n[nH]c2c1CCCC2. The van der Waals surface area contributed by atoms with Gasteiger partial charge < -0.3 is 4.74 Å². The number of nitrogens with one attached hydrogen (secondary N) is 2. The Morgan fingerprint density at radius 1 is 1.38 bits per heavy atom. The summed E-state index contributed by atoms with van der Waals surface area (Å²) < 4.78 is 31.4. The number of amides is 1. The maximum atomic E-state index is 12.2. The van der Waals surface area contributed by atoms with Crippen molar-refractivity contribution in [1.29, 1.82) is 0 Å². The zero-order valence-electron chi connectivity index (χ0n) is 11.7. The molecule has 0 radical (unpaired) electrons. The summed E-state index contributed by atoms with van der Waals surface area (Å²) in [5, 5.41) is 6.83. The quantitative estimate of drug-likeness (QED) is 0.837. The van der Waals surface area contributed by atoms with Crippen LogP contribution in [-0.4, -0.2) is 43.5 Å². The Hall–Kier alpha value is -1.41. The van der Waals surface area contributed by atoms with Crippen molar-refractivity contribution in [2.24, 2.45) is 5.92 Å². The van der Waals surface area contributed by atoms with Crippen LogP contribution in [0.15, 0.2) is 0 Å². The summed E-state index contributed by atoms with van der Waals surface area (Å²) in [5.74, 6) is -0.748. The second-order valence-electron chi connectivity index (χ2n) is 5.68. The Kier molecular flexibility index (Phi) is 3.99. The molecule has 1 fully saturated rings. The molecular weight excluding hydrogens is 294 g/mol. The van der Waals surface area contributed by atoms with Crippen LogP contribution in [0.2, 0.25) is 0 Å². The van der Waals surface area contributed by atoms with Gasteiger partial charge in [-0.1, -0.05) is 0 Å². The van der Waals surface area contributed by atoms with Crippen LogP contribution in [0.3, 0.4) is 0 Å². The normalized spacial score (nSPS) is 22.0. The molecule has 0 aromatic carbocycles. The van der Waals surface area contributed by atoms with Gasteiger partial charge in [0.25, 0.3) is 5.91 Å². The standard InChI is InChI=1S/C13H19N3O4S/c17-13(12-10-3-1-2-4-11(10)14-15-12)16-21(18,19)8-9-5-6-20-7-9/h9H,1-8H2,(H,14,15)(H,16,17)/t9-/m1/s1. The van der Waals surface area contributed by atoms with Gasteiger partial charge in [-0.25, -0.2) is 13.1 Å². The number of fused-ring (bicyclic) bond motifs is 1. The third kappa shape index (κ3) is 3.26. The number of carbonyl (C=O) groups is 1. The second-order valence-corrected chi connectivity index (χ2v) is 7.45. The molecule has 1 amide bonds. The van der Waals surface area contributed by atoms with Crippen molar-refractivity contribution in [3.63, 3.8) is 0 Å². The number of H-pyrrole nitrogens is 1. The first kappa shape index (κ1) is 14.5. The van der Waals surface area contributed by atoms with Crippen LogP contribution in [-0.2, 0) is 27.6 Å². The van der Waals surface area contributed by atoms with E-state index in [1.54, 1.807) is 0 Å². The first-order valence-electron chi connectivity index (χ1n) is 7.24. The zero-order chi connectivity index (χ0) is 14.9. The van der Waals surface area contributed by atoms with Gasteiger partial charge in [-0.05, 0) is 32.1 Å². The lowest BCUT2D eigenvalue weighted by atomic mass is 9.96. The van der Waals surface area contributed by atoms with E-state index in [0.29, 0.717) is 19.6 Å². The predicted molar refractivity (Wildman–Crippen MR) is 75.4 cm³/mol. The van der Waals surface area contributed by atoms with Gasteiger partial charge in [0.15, 0.2) is 5.69 Å². The molecule has 8 heteroatoms. The van der Waals surface area contributed by atoms with Gasteiger partial charge in [0.2, 0.25) is 10.0 Å². The van der Waals surface area contributed by atoms with Crippen LogP contribution < -0.4 is 4.72 Å². The van der Waals surface area contributed by atoms with Crippen LogP contribution in [0.1, 0.15) is 41.0 Å². The van der Waals surface area contributed by atoms with Gasteiger partial charge in [-0.15, -0.1) is 0 Å². The third-order valence-electron chi connectivity index (χ3n) is 4.00. The number of aryl methyl sites for hydroxylation is 1. The van der Waals surface area contributed by atoms with E-state index < -0.39 is 15.9 Å². The average molecular weight is 313 g/mol. The summed E-state index contributed by atoms with van der Waals surface area (Å²) >= 11 is 0. The predicted octanol–water partition coefficient (Wildman–Crippen LogP) is 0.385. The van der Waals surface area contributed by atoms with Crippen LogP contribution >= 0.6 is 0 Å². The Bertz CT molecular complexity index is 632. The van der Waals surface area contributed by atoms with E-state index in [0.717, 1.165) is 36.9 Å². The summed E-state index contributed by atoms with van der Waals surface area (Å²) in [6, 6.07) is 0. The molecule has 1 aromatic heterocycles. The third-order valence-corrected chi connectivity index (χ3v) is 5.41. The molecule has 3 rings (SSSR count). The van der Waals surface area contributed by atoms with Crippen LogP contribution in [0, 0.1) is 5.92 Å². The van der Waals surface area contributed by atoms with Gasteiger partial charge in [0, 0.05) is 23.8 Å². The monoisotopic (exact) mass is 313 g/mol. The molecule has 1 atom stereocenters. The van der Waals surface area contributed by atoms with Crippen molar-refractivity contribution in [3.8, 4) is 0 Å². The van der Waals surface area contributed by atoms with Crippen molar-refractivity contribution in [2.75, 3.05) is 19.0 Å². The van der Waals surface area contributed by atoms with Crippen molar-refractivity contribution >= 4 is 15.9 Å². The lowest BCUT2D eigenvalue weighted by molar-refractivity contribution is 0.0975. The van der Waals surface area contributed by atoms with E-state index >= 15 is 0 Å². The molecule has 0 saturated carbocycles. The molecule has 7 nitrogen and oxygen atoms in total. The lowest BCUT2D eigenvalue weighted by Crippen LogP contribution is -2.35.